The highest BCUT2D eigenvalue weighted by Gasteiger charge is 2.35. The fourth-order valence-electron chi connectivity index (χ4n) is 5.34. The van der Waals surface area contributed by atoms with Crippen molar-refractivity contribution in [3.8, 4) is 17.2 Å². The molecule has 6 rings (SSSR count). The van der Waals surface area contributed by atoms with Crippen molar-refractivity contribution in [1.29, 1.82) is 0 Å². The smallest absolute Gasteiger partial charge is 0.338 e. The molecule has 0 spiro atoms. The summed E-state index contributed by atoms with van der Waals surface area (Å²) in [5.74, 6) is 1.12. The maximum Gasteiger partial charge on any atom is 0.338 e. The van der Waals surface area contributed by atoms with Gasteiger partial charge in [-0.3, -0.25) is 9.36 Å². The van der Waals surface area contributed by atoms with Crippen LogP contribution in [0, 0.1) is 0 Å². The summed E-state index contributed by atoms with van der Waals surface area (Å²) in [6.45, 7) is 2.31. The van der Waals surface area contributed by atoms with Gasteiger partial charge in [-0.05, 0) is 66.1 Å². The zero-order valence-corrected chi connectivity index (χ0v) is 27.5. The lowest BCUT2D eigenvalue weighted by molar-refractivity contribution is -0.138. The normalized spacial score (nSPS) is 14.3. The van der Waals surface area contributed by atoms with E-state index in [4.69, 9.17) is 35.5 Å². The molecule has 8 nitrogen and oxygen atoms in total. The number of ether oxygens (including phenoxy) is 4. The summed E-state index contributed by atoms with van der Waals surface area (Å²) in [5, 5.41) is 0.673. The Balaban J connectivity index is 1.46. The number of rotatable bonds is 10. The molecule has 0 aliphatic carbocycles. The number of carbonyl (C=O) groups is 1. The number of thiazole rings is 1. The number of halogens is 1. The van der Waals surface area contributed by atoms with Gasteiger partial charge >= 0.3 is 5.97 Å². The summed E-state index contributed by atoms with van der Waals surface area (Å²) in [7, 11) is 3.09. The molecule has 0 unspecified atom stereocenters. The topological polar surface area (TPSA) is 88.4 Å². The third kappa shape index (κ3) is 6.72. The minimum absolute atomic E-state index is 0.160. The number of aromatic nitrogens is 1. The Morgan fingerprint density at radius 3 is 2.34 bits per heavy atom. The molecule has 2 heterocycles. The number of methoxy groups -OCH3 is 2. The minimum Gasteiger partial charge on any atom is -0.493 e. The first-order valence-electron chi connectivity index (χ1n) is 14.9. The van der Waals surface area contributed by atoms with Crippen LogP contribution in [0.2, 0.25) is 5.02 Å². The summed E-state index contributed by atoms with van der Waals surface area (Å²) in [6.07, 6.45) is 1.81. The number of nitrogens with zero attached hydrogens (tertiary/aromatic N) is 2. The predicted molar refractivity (Wildman–Crippen MR) is 183 cm³/mol. The van der Waals surface area contributed by atoms with E-state index < -0.39 is 12.0 Å². The summed E-state index contributed by atoms with van der Waals surface area (Å²) in [5.41, 5.74) is 3.60. The van der Waals surface area contributed by atoms with E-state index in [0.717, 1.165) is 16.7 Å². The lowest BCUT2D eigenvalue weighted by Crippen LogP contribution is -2.40. The van der Waals surface area contributed by atoms with Crippen LogP contribution in [-0.2, 0) is 16.1 Å². The van der Waals surface area contributed by atoms with Crippen molar-refractivity contribution >= 4 is 40.7 Å². The molecular formula is C37H31ClN2O6S. The molecule has 238 valence electrons. The molecule has 0 N–H and O–H groups in total. The van der Waals surface area contributed by atoms with Crippen LogP contribution in [-0.4, -0.2) is 31.4 Å². The van der Waals surface area contributed by atoms with Gasteiger partial charge in [0.15, 0.2) is 16.3 Å². The molecule has 0 saturated carbocycles. The average Bonchev–Trinajstić information content (AvgIpc) is 3.41. The van der Waals surface area contributed by atoms with Gasteiger partial charge in [0.05, 0.1) is 42.7 Å². The van der Waals surface area contributed by atoms with Crippen molar-refractivity contribution < 1.29 is 23.7 Å². The third-order valence-electron chi connectivity index (χ3n) is 7.59. The number of hydrogen-bond donors (Lipinski definition) is 0. The summed E-state index contributed by atoms with van der Waals surface area (Å²) >= 11 is 7.24. The highest BCUT2D eigenvalue weighted by atomic mass is 35.5. The van der Waals surface area contributed by atoms with Crippen LogP contribution in [0.15, 0.2) is 112 Å². The van der Waals surface area contributed by atoms with E-state index in [1.54, 1.807) is 37.8 Å². The highest BCUT2D eigenvalue weighted by Crippen LogP contribution is 2.38. The lowest BCUT2D eigenvalue weighted by atomic mass is 9.93. The quantitative estimate of drug-likeness (QED) is 0.165. The van der Waals surface area contributed by atoms with Crippen molar-refractivity contribution in [2.24, 2.45) is 4.99 Å². The molecule has 10 heteroatoms. The second-order valence-electron chi connectivity index (χ2n) is 10.5. The van der Waals surface area contributed by atoms with Crippen LogP contribution in [0.4, 0.5) is 0 Å². The minimum atomic E-state index is -0.842. The monoisotopic (exact) mass is 666 g/mol. The van der Waals surface area contributed by atoms with Gasteiger partial charge in [0.2, 0.25) is 0 Å². The summed E-state index contributed by atoms with van der Waals surface area (Å²) < 4.78 is 24.6. The van der Waals surface area contributed by atoms with E-state index in [1.807, 2.05) is 91.0 Å². The van der Waals surface area contributed by atoms with Crippen molar-refractivity contribution in [2.75, 3.05) is 20.8 Å². The van der Waals surface area contributed by atoms with E-state index >= 15 is 0 Å². The summed E-state index contributed by atoms with van der Waals surface area (Å²) in [4.78, 5) is 33.3. The van der Waals surface area contributed by atoms with Crippen molar-refractivity contribution in [2.45, 2.75) is 19.6 Å². The van der Waals surface area contributed by atoms with E-state index in [-0.39, 0.29) is 17.7 Å². The number of esters is 1. The lowest BCUT2D eigenvalue weighted by Gasteiger charge is -2.26. The molecule has 0 bridgehead atoms. The van der Waals surface area contributed by atoms with Crippen molar-refractivity contribution in [3.05, 3.63) is 150 Å². The largest absolute Gasteiger partial charge is 0.493 e. The highest BCUT2D eigenvalue weighted by molar-refractivity contribution is 7.07. The van der Waals surface area contributed by atoms with Crippen LogP contribution >= 0.6 is 22.9 Å². The Labute approximate surface area is 280 Å². The average molecular weight is 667 g/mol. The second-order valence-corrected chi connectivity index (χ2v) is 12.0. The zero-order chi connectivity index (χ0) is 32.9. The first-order chi connectivity index (χ1) is 22.9. The molecular weight excluding hydrogens is 636 g/mol. The maximum absolute atomic E-state index is 14.2. The predicted octanol–water partition coefficient (Wildman–Crippen LogP) is 6.19. The second kappa shape index (κ2) is 14.1. The number of hydrogen-bond acceptors (Lipinski definition) is 8. The first kappa shape index (κ1) is 31.8. The van der Waals surface area contributed by atoms with E-state index in [0.29, 0.717) is 49.5 Å². The molecule has 1 aliphatic heterocycles. The number of carbonyl (C=O) groups excluding carboxylic acids is 1. The van der Waals surface area contributed by atoms with Gasteiger partial charge in [-0.1, -0.05) is 83.6 Å². The first-order valence-corrected chi connectivity index (χ1v) is 16.1. The Hall–Kier alpha value is -5.12. The van der Waals surface area contributed by atoms with Crippen LogP contribution in [0.3, 0.4) is 0 Å². The SMILES string of the molecule is CCOC(=O)C1=C(c2ccccc2)N=c2s/c(=C\c3ccc(OCc4ccc(Cl)cc4)cc3)c(=O)n2[C@@H]1c1ccc(OC)c(OC)c1. The van der Waals surface area contributed by atoms with Gasteiger partial charge in [-0.25, -0.2) is 9.79 Å². The fourth-order valence-corrected chi connectivity index (χ4v) is 6.46. The molecule has 0 saturated heterocycles. The van der Waals surface area contributed by atoms with Gasteiger partial charge in [0.1, 0.15) is 12.4 Å². The van der Waals surface area contributed by atoms with E-state index in [1.165, 1.54) is 11.3 Å². The van der Waals surface area contributed by atoms with E-state index in [9.17, 15) is 9.59 Å². The van der Waals surface area contributed by atoms with Gasteiger partial charge < -0.3 is 18.9 Å². The molecule has 1 aromatic heterocycles. The Morgan fingerprint density at radius 2 is 1.66 bits per heavy atom. The van der Waals surface area contributed by atoms with Crippen LogP contribution in [0.5, 0.6) is 17.2 Å². The molecule has 0 amide bonds. The third-order valence-corrected chi connectivity index (χ3v) is 8.83. The van der Waals surface area contributed by atoms with Gasteiger partial charge in [0.25, 0.3) is 5.56 Å². The van der Waals surface area contributed by atoms with Gasteiger partial charge in [-0.15, -0.1) is 0 Å². The molecule has 1 aliphatic rings. The maximum atomic E-state index is 14.2. The van der Waals surface area contributed by atoms with Gasteiger partial charge in [-0.2, -0.15) is 0 Å². The van der Waals surface area contributed by atoms with Gasteiger partial charge in [0, 0.05) is 10.6 Å². The number of benzene rings is 4. The molecule has 4 aromatic carbocycles. The molecule has 0 fully saturated rings. The fraction of sp³-hybridized carbons (Fsp3) is 0.162. The Morgan fingerprint density at radius 1 is 0.936 bits per heavy atom. The van der Waals surface area contributed by atoms with Crippen molar-refractivity contribution in [1.82, 2.24) is 4.57 Å². The molecule has 0 radical (unpaired) electrons. The zero-order valence-electron chi connectivity index (χ0n) is 25.9. The number of fused-ring (bicyclic) bond motifs is 1. The molecule has 1 atom stereocenters. The van der Waals surface area contributed by atoms with Crippen LogP contribution in [0.25, 0.3) is 11.8 Å². The van der Waals surface area contributed by atoms with Crippen LogP contribution < -0.4 is 29.1 Å². The standard InChI is InChI=1S/C37H31ClN2O6S/c1-4-45-36(42)32-33(25-8-6-5-7-9-25)39-37-40(34(32)26-14-19-29(43-2)30(21-26)44-3)35(41)31(47-37)20-23-12-17-28(18-13-23)46-22-24-10-15-27(38)16-11-24/h5-21,34H,4,22H2,1-3H3/b31-20-/t34-/m1/s1. The van der Waals surface area contributed by atoms with Crippen LogP contribution in [0.1, 0.15) is 35.2 Å². The van der Waals surface area contributed by atoms with E-state index in [2.05, 4.69) is 0 Å². The van der Waals surface area contributed by atoms with Crippen molar-refractivity contribution in [3.63, 3.8) is 0 Å². The summed E-state index contributed by atoms with van der Waals surface area (Å²) in [6, 6.07) is 28.9. The Kier molecular flexibility index (Phi) is 9.56. The Bertz CT molecular complexity index is 2120. The molecule has 5 aromatic rings. The molecule has 47 heavy (non-hydrogen) atoms.